The molecule has 1 aliphatic rings. The Balaban J connectivity index is 1.52. The number of anilines is 1. The third-order valence-corrected chi connectivity index (χ3v) is 6.50. The summed E-state index contributed by atoms with van der Waals surface area (Å²) in [6.07, 6.45) is 4.98. The van der Waals surface area contributed by atoms with Crippen molar-refractivity contribution in [3.63, 3.8) is 0 Å². The van der Waals surface area contributed by atoms with E-state index in [0.717, 1.165) is 12.1 Å². The molecule has 4 rings (SSSR count). The van der Waals surface area contributed by atoms with Crippen molar-refractivity contribution in [2.45, 2.75) is 58.0 Å². The summed E-state index contributed by atoms with van der Waals surface area (Å²) < 4.78 is 0. The van der Waals surface area contributed by atoms with Crippen LogP contribution in [0.15, 0.2) is 66.7 Å². The molecular weight excluding hydrogens is 368 g/mol. The number of nitrogens with zero attached hydrogens (tertiary/aromatic N) is 1. The summed E-state index contributed by atoms with van der Waals surface area (Å²) in [5.74, 6) is 0.616. The third kappa shape index (κ3) is 4.51. The van der Waals surface area contributed by atoms with E-state index in [9.17, 15) is 4.79 Å². The predicted octanol–water partition coefficient (Wildman–Crippen LogP) is 6.03. The maximum atomic E-state index is 11.1. The van der Waals surface area contributed by atoms with Crippen LogP contribution in [0.25, 0.3) is 10.8 Å². The second-order valence-electron chi connectivity index (χ2n) is 8.45. The van der Waals surface area contributed by atoms with Gasteiger partial charge in [0.1, 0.15) is 0 Å². The number of rotatable bonds is 6. The van der Waals surface area contributed by atoms with Crippen LogP contribution in [0.1, 0.15) is 56.6 Å². The van der Waals surface area contributed by atoms with Crippen LogP contribution in [-0.4, -0.2) is 18.5 Å². The van der Waals surface area contributed by atoms with Crippen LogP contribution < -0.4 is 10.2 Å². The number of hydrogen-bond donors (Lipinski definition) is 1. The fourth-order valence-corrected chi connectivity index (χ4v) is 4.97. The number of carbonyl (C=O) groups excluding carboxylic acids is 1. The topological polar surface area (TPSA) is 32.3 Å². The van der Waals surface area contributed by atoms with Crippen LogP contribution >= 0.6 is 0 Å². The number of nitrogens with one attached hydrogen (secondary N) is 1. The molecule has 2 unspecified atom stereocenters. The van der Waals surface area contributed by atoms with Gasteiger partial charge in [0.2, 0.25) is 5.91 Å². The van der Waals surface area contributed by atoms with Crippen LogP contribution in [0, 0.1) is 0 Å². The number of fused-ring (bicyclic) bond motifs is 1. The van der Waals surface area contributed by atoms with Gasteiger partial charge < -0.3 is 10.2 Å². The summed E-state index contributed by atoms with van der Waals surface area (Å²) in [4.78, 5) is 13.8. The van der Waals surface area contributed by atoms with Crippen LogP contribution in [-0.2, 0) is 11.3 Å². The molecule has 0 aromatic heterocycles. The Morgan fingerprint density at radius 1 is 1.00 bits per heavy atom. The highest BCUT2D eigenvalue weighted by Gasteiger charge is 2.27. The van der Waals surface area contributed by atoms with Gasteiger partial charge in [0, 0.05) is 37.1 Å². The van der Waals surface area contributed by atoms with Gasteiger partial charge in [0.05, 0.1) is 0 Å². The molecule has 30 heavy (non-hydrogen) atoms. The maximum absolute atomic E-state index is 11.1. The van der Waals surface area contributed by atoms with E-state index in [0.29, 0.717) is 18.5 Å². The fraction of sp³-hybridized carbons (Fsp3) is 0.370. The van der Waals surface area contributed by atoms with Gasteiger partial charge in [-0.1, -0.05) is 67.1 Å². The van der Waals surface area contributed by atoms with Gasteiger partial charge in [-0.2, -0.15) is 0 Å². The van der Waals surface area contributed by atoms with Crippen molar-refractivity contribution in [3.8, 4) is 0 Å². The second-order valence-corrected chi connectivity index (χ2v) is 8.45. The average molecular weight is 401 g/mol. The molecule has 1 N–H and O–H groups in total. The first-order valence-electron chi connectivity index (χ1n) is 11.2. The predicted molar refractivity (Wildman–Crippen MR) is 126 cm³/mol. The Morgan fingerprint density at radius 2 is 1.77 bits per heavy atom. The summed E-state index contributed by atoms with van der Waals surface area (Å²) >= 11 is 0. The van der Waals surface area contributed by atoms with Crippen molar-refractivity contribution in [2.24, 2.45) is 0 Å². The van der Waals surface area contributed by atoms with Crippen LogP contribution in [0.5, 0.6) is 0 Å². The van der Waals surface area contributed by atoms with E-state index < -0.39 is 0 Å². The van der Waals surface area contributed by atoms with Crippen LogP contribution in [0.2, 0.25) is 0 Å². The molecule has 1 aliphatic carbocycles. The van der Waals surface area contributed by atoms with Gasteiger partial charge in [-0.15, -0.1) is 0 Å². The number of benzene rings is 3. The van der Waals surface area contributed by atoms with Crippen molar-refractivity contribution in [1.82, 2.24) is 5.32 Å². The summed E-state index contributed by atoms with van der Waals surface area (Å²) in [6, 6.07) is 24.8. The highest BCUT2D eigenvalue weighted by atomic mass is 16.1. The van der Waals surface area contributed by atoms with Crippen LogP contribution in [0.3, 0.4) is 0 Å². The third-order valence-electron chi connectivity index (χ3n) is 6.50. The van der Waals surface area contributed by atoms with Crippen LogP contribution in [0.4, 0.5) is 5.69 Å². The molecule has 2 atom stereocenters. The Morgan fingerprint density at radius 3 is 2.53 bits per heavy atom. The number of hydrogen-bond acceptors (Lipinski definition) is 2. The Labute approximate surface area is 180 Å². The molecule has 1 fully saturated rings. The van der Waals surface area contributed by atoms with E-state index in [1.165, 1.54) is 47.7 Å². The molecule has 0 bridgehead atoms. The zero-order valence-corrected chi connectivity index (χ0v) is 18.1. The largest absolute Gasteiger partial charge is 0.368 e. The number of carbonyl (C=O) groups is 1. The molecule has 0 spiro atoms. The molecule has 3 nitrogen and oxygen atoms in total. The van der Waals surface area contributed by atoms with Gasteiger partial charge in [-0.05, 0) is 54.7 Å². The van der Waals surface area contributed by atoms with Crippen molar-refractivity contribution in [3.05, 3.63) is 77.9 Å². The molecule has 0 saturated heterocycles. The highest BCUT2D eigenvalue weighted by molar-refractivity contribution is 5.94. The van der Waals surface area contributed by atoms with Crippen molar-refractivity contribution in [1.29, 1.82) is 0 Å². The van der Waals surface area contributed by atoms with Crippen molar-refractivity contribution < 1.29 is 4.79 Å². The molecule has 0 aliphatic heterocycles. The molecular formula is C27H32N2O. The molecule has 3 aromatic rings. The first kappa shape index (κ1) is 20.5. The molecule has 0 heterocycles. The Bertz CT molecular complexity index is 990. The normalized spacial score (nSPS) is 18.9. The van der Waals surface area contributed by atoms with Gasteiger partial charge in [0.25, 0.3) is 0 Å². The maximum Gasteiger partial charge on any atom is 0.217 e. The van der Waals surface area contributed by atoms with E-state index in [4.69, 9.17) is 0 Å². The van der Waals surface area contributed by atoms with Gasteiger partial charge in [-0.25, -0.2) is 0 Å². The van der Waals surface area contributed by atoms with Gasteiger partial charge >= 0.3 is 0 Å². The minimum absolute atomic E-state index is 0.0160. The summed E-state index contributed by atoms with van der Waals surface area (Å²) in [5, 5.41) is 5.55. The lowest BCUT2D eigenvalue weighted by atomic mass is 9.80. The summed E-state index contributed by atoms with van der Waals surface area (Å²) in [7, 11) is 0. The lowest BCUT2D eigenvalue weighted by Gasteiger charge is -2.39. The van der Waals surface area contributed by atoms with E-state index in [1.807, 2.05) is 0 Å². The van der Waals surface area contributed by atoms with E-state index in [2.05, 4.69) is 83.9 Å². The number of amides is 1. The zero-order valence-electron chi connectivity index (χ0n) is 18.1. The average Bonchev–Trinajstić information content (AvgIpc) is 2.79. The first-order valence-corrected chi connectivity index (χ1v) is 11.2. The van der Waals surface area contributed by atoms with E-state index in [1.54, 1.807) is 6.92 Å². The highest BCUT2D eigenvalue weighted by Crippen LogP contribution is 2.38. The molecule has 3 heteroatoms. The minimum atomic E-state index is 0.0160. The second kappa shape index (κ2) is 9.34. The standard InChI is InChI=1S/C27H32N2O/c1-3-29(27-13-7-9-23-8-4-5-12-26(23)27)25-11-6-10-24(18-25)22-16-14-21(15-17-22)19-28-20(2)30/h4-5,7-9,12-17,24-25H,3,6,10-11,18-19H2,1-2H3,(H,28,30). The molecule has 1 saturated carbocycles. The lowest BCUT2D eigenvalue weighted by molar-refractivity contribution is -0.119. The van der Waals surface area contributed by atoms with Gasteiger partial charge in [0.15, 0.2) is 0 Å². The fourth-order valence-electron chi connectivity index (χ4n) is 4.97. The zero-order chi connectivity index (χ0) is 20.9. The Kier molecular flexibility index (Phi) is 6.37. The molecule has 3 aromatic carbocycles. The van der Waals surface area contributed by atoms with Crippen molar-refractivity contribution >= 4 is 22.4 Å². The van der Waals surface area contributed by atoms with Gasteiger partial charge in [-0.3, -0.25) is 4.79 Å². The molecule has 0 radical (unpaired) electrons. The quantitative estimate of drug-likeness (QED) is 0.548. The summed E-state index contributed by atoms with van der Waals surface area (Å²) in [5.41, 5.74) is 3.96. The lowest BCUT2D eigenvalue weighted by Crippen LogP contribution is -2.38. The van der Waals surface area contributed by atoms with E-state index in [-0.39, 0.29) is 5.91 Å². The minimum Gasteiger partial charge on any atom is -0.368 e. The summed E-state index contributed by atoms with van der Waals surface area (Å²) in [6.45, 7) is 5.48. The first-order chi connectivity index (χ1) is 14.7. The smallest absolute Gasteiger partial charge is 0.217 e. The SMILES string of the molecule is CCN(c1cccc2ccccc12)C1CCCC(c2ccc(CNC(C)=O)cc2)C1. The monoisotopic (exact) mass is 400 g/mol. The Hall–Kier alpha value is -2.81. The molecule has 1 amide bonds. The van der Waals surface area contributed by atoms with Crippen molar-refractivity contribution in [2.75, 3.05) is 11.4 Å². The molecule has 156 valence electrons. The van der Waals surface area contributed by atoms with E-state index >= 15 is 0 Å².